The van der Waals surface area contributed by atoms with Gasteiger partial charge in [-0.2, -0.15) is 0 Å². The Morgan fingerprint density at radius 2 is 2.17 bits per heavy atom. The highest BCUT2D eigenvalue weighted by Crippen LogP contribution is 2.36. The van der Waals surface area contributed by atoms with Gasteiger partial charge >= 0.3 is 0 Å². The molecule has 1 unspecified atom stereocenters. The van der Waals surface area contributed by atoms with Crippen LogP contribution in [0, 0.1) is 0 Å². The van der Waals surface area contributed by atoms with Crippen LogP contribution >= 0.6 is 19.5 Å². The van der Waals surface area contributed by atoms with E-state index in [4.69, 9.17) is 0 Å². The number of aldehydes is 1. The van der Waals surface area contributed by atoms with Crippen molar-refractivity contribution in [1.82, 2.24) is 9.55 Å². The third-order valence-electron chi connectivity index (χ3n) is 4.95. The molecule has 0 saturated heterocycles. The Labute approximate surface area is 173 Å². The summed E-state index contributed by atoms with van der Waals surface area (Å²) in [5.41, 5.74) is 4.38. The summed E-state index contributed by atoms with van der Waals surface area (Å²) < 4.78 is 1.59. The number of pyridine rings is 1. The first kappa shape index (κ1) is 19.4. The van der Waals surface area contributed by atoms with Crippen LogP contribution in [0.25, 0.3) is 22.0 Å². The number of hydrogen-bond donors (Lipinski definition) is 3. The minimum atomic E-state index is -0.0708. The zero-order valence-corrected chi connectivity index (χ0v) is 17.8. The quantitative estimate of drug-likeness (QED) is 0.367. The lowest BCUT2D eigenvalue weighted by molar-refractivity contribution is -0.108. The van der Waals surface area contributed by atoms with E-state index in [1.54, 1.807) is 29.1 Å². The van der Waals surface area contributed by atoms with Crippen LogP contribution in [0.5, 0.6) is 0 Å². The number of rotatable bonds is 7. The van der Waals surface area contributed by atoms with Gasteiger partial charge in [0.15, 0.2) is 0 Å². The summed E-state index contributed by atoms with van der Waals surface area (Å²) >= 11 is 1.67. The van der Waals surface area contributed by atoms with Gasteiger partial charge in [-0.3, -0.25) is 4.79 Å². The SMILES string of the molecule is CNc1ccc(-c2cn(C)c(=O)c3[nH]ccc23)cc1NC(CC=O)c1cpcs1. The van der Waals surface area contributed by atoms with Crippen molar-refractivity contribution in [2.24, 2.45) is 7.05 Å². The Hall–Kier alpha value is -2.89. The number of nitrogens with one attached hydrogen (secondary N) is 3. The molecule has 4 aromatic rings. The summed E-state index contributed by atoms with van der Waals surface area (Å²) in [5.74, 6) is 2.13. The van der Waals surface area contributed by atoms with Gasteiger partial charge in [-0.15, -0.1) is 11.3 Å². The molecule has 0 aliphatic heterocycles. The van der Waals surface area contributed by atoms with Crippen LogP contribution in [-0.4, -0.2) is 22.9 Å². The predicted molar refractivity (Wildman–Crippen MR) is 122 cm³/mol. The first-order valence-electron chi connectivity index (χ1n) is 9.19. The maximum Gasteiger partial charge on any atom is 0.274 e. The Morgan fingerprint density at radius 3 is 2.90 bits per heavy atom. The molecule has 1 aromatic carbocycles. The number of carbonyl (C=O) groups is 1. The number of aromatic amines is 1. The number of carbonyl (C=O) groups excluding carboxylic acids is 1. The minimum Gasteiger partial charge on any atom is -0.386 e. The van der Waals surface area contributed by atoms with Crippen molar-refractivity contribution in [3.63, 3.8) is 0 Å². The second-order valence-electron chi connectivity index (χ2n) is 6.74. The van der Waals surface area contributed by atoms with E-state index < -0.39 is 0 Å². The summed E-state index contributed by atoms with van der Waals surface area (Å²) in [4.78, 5) is 27.8. The van der Waals surface area contributed by atoms with Crippen molar-refractivity contribution in [2.75, 3.05) is 17.7 Å². The third kappa shape index (κ3) is 3.71. The van der Waals surface area contributed by atoms with E-state index in [-0.39, 0.29) is 11.6 Å². The lowest BCUT2D eigenvalue weighted by Gasteiger charge is -2.20. The second-order valence-corrected chi connectivity index (χ2v) is 8.85. The van der Waals surface area contributed by atoms with Crippen molar-refractivity contribution in [3.05, 3.63) is 62.8 Å². The summed E-state index contributed by atoms with van der Waals surface area (Å²) in [6.07, 6.45) is 5.00. The van der Waals surface area contributed by atoms with Gasteiger partial charge in [0.25, 0.3) is 5.56 Å². The van der Waals surface area contributed by atoms with Crippen LogP contribution in [0.2, 0.25) is 0 Å². The van der Waals surface area contributed by atoms with Gasteiger partial charge < -0.3 is 25.0 Å². The van der Waals surface area contributed by atoms with Crippen LogP contribution in [-0.2, 0) is 11.8 Å². The summed E-state index contributed by atoms with van der Waals surface area (Å²) in [5, 5.41) is 9.75. The summed E-state index contributed by atoms with van der Waals surface area (Å²) in [6, 6.07) is 7.97. The average molecular weight is 424 g/mol. The number of H-pyrrole nitrogens is 1. The molecule has 0 aliphatic rings. The molecule has 6 nitrogen and oxygen atoms in total. The normalized spacial score (nSPS) is 12.3. The average Bonchev–Trinajstić information content (AvgIpc) is 3.42. The third-order valence-corrected chi connectivity index (χ3v) is 7.14. The number of nitrogens with zero attached hydrogens (tertiary/aromatic N) is 1. The van der Waals surface area contributed by atoms with Crippen LogP contribution < -0.4 is 16.2 Å². The number of benzene rings is 1. The standard InChI is InChI=1S/C21H21N4O2PS/c1-22-16-4-3-13(15-10-25(2)21(27)20-14(15)5-7-23-20)9-18(16)24-17(6-8-26)19-11-28-12-29-19/h3-5,7-12,17,22-24H,6H2,1-2H3. The van der Waals surface area contributed by atoms with E-state index in [2.05, 4.69) is 32.6 Å². The molecule has 4 rings (SSSR count). The van der Waals surface area contributed by atoms with Crippen LogP contribution in [0.4, 0.5) is 11.4 Å². The maximum atomic E-state index is 12.4. The molecule has 0 bridgehead atoms. The molecule has 8 heteroatoms. The van der Waals surface area contributed by atoms with Gasteiger partial charge in [-0.1, -0.05) is 14.3 Å². The summed E-state index contributed by atoms with van der Waals surface area (Å²) in [6.45, 7) is 0. The van der Waals surface area contributed by atoms with E-state index in [0.717, 1.165) is 47.2 Å². The fraction of sp³-hybridized carbons (Fsp3) is 0.190. The molecular weight excluding hydrogens is 403 g/mol. The van der Waals surface area contributed by atoms with Crippen LogP contribution in [0.1, 0.15) is 17.3 Å². The van der Waals surface area contributed by atoms with E-state index in [1.807, 2.05) is 31.4 Å². The summed E-state index contributed by atoms with van der Waals surface area (Å²) in [7, 11) is 4.79. The largest absolute Gasteiger partial charge is 0.386 e. The van der Waals surface area contributed by atoms with Crippen molar-refractivity contribution < 1.29 is 4.79 Å². The zero-order chi connectivity index (χ0) is 20.4. The first-order valence-corrected chi connectivity index (χ1v) is 11.1. The van der Waals surface area contributed by atoms with E-state index in [1.165, 1.54) is 0 Å². The first-order chi connectivity index (χ1) is 14.1. The van der Waals surface area contributed by atoms with E-state index >= 15 is 0 Å². The fourth-order valence-electron chi connectivity index (χ4n) is 3.48. The molecule has 0 saturated carbocycles. The van der Waals surface area contributed by atoms with Gasteiger partial charge in [0.1, 0.15) is 11.8 Å². The van der Waals surface area contributed by atoms with Crippen LogP contribution in [0.3, 0.4) is 0 Å². The number of aromatic nitrogens is 2. The van der Waals surface area contributed by atoms with Gasteiger partial charge in [-0.05, 0) is 29.6 Å². The molecule has 3 aromatic heterocycles. The Balaban J connectivity index is 1.80. The Morgan fingerprint density at radius 1 is 1.31 bits per heavy atom. The highest BCUT2D eigenvalue weighted by atomic mass is 32.1. The lowest BCUT2D eigenvalue weighted by Crippen LogP contribution is -2.16. The van der Waals surface area contributed by atoms with Crippen molar-refractivity contribution in [1.29, 1.82) is 0 Å². The molecule has 3 N–H and O–H groups in total. The number of hydrogen-bond acceptors (Lipinski definition) is 5. The molecule has 0 fully saturated rings. The van der Waals surface area contributed by atoms with Gasteiger partial charge in [0.2, 0.25) is 0 Å². The number of fused-ring (bicyclic) bond motifs is 1. The van der Waals surface area contributed by atoms with Gasteiger partial charge in [0, 0.05) is 53.8 Å². The second kappa shape index (κ2) is 8.23. The van der Waals surface area contributed by atoms with E-state index in [0.29, 0.717) is 11.9 Å². The topological polar surface area (TPSA) is 78.9 Å². The van der Waals surface area contributed by atoms with Gasteiger partial charge in [0.05, 0.1) is 17.4 Å². The molecule has 0 amide bonds. The Kier molecular flexibility index (Phi) is 5.51. The fourth-order valence-corrected chi connectivity index (χ4v) is 5.52. The van der Waals surface area contributed by atoms with Gasteiger partial charge in [-0.25, -0.2) is 0 Å². The maximum absolute atomic E-state index is 12.4. The lowest BCUT2D eigenvalue weighted by atomic mass is 10.0. The molecular formula is C21H21N4O2PS. The molecule has 3 heterocycles. The monoisotopic (exact) mass is 424 g/mol. The van der Waals surface area contributed by atoms with Crippen molar-refractivity contribution >= 4 is 48.1 Å². The minimum absolute atomic E-state index is 0.0504. The van der Waals surface area contributed by atoms with Crippen molar-refractivity contribution in [3.8, 4) is 11.1 Å². The smallest absolute Gasteiger partial charge is 0.274 e. The number of aryl methyl sites for hydroxylation is 1. The molecule has 0 radical (unpaired) electrons. The highest BCUT2D eigenvalue weighted by molar-refractivity contribution is 7.38. The molecule has 29 heavy (non-hydrogen) atoms. The van der Waals surface area contributed by atoms with Crippen LogP contribution in [0.15, 0.2) is 52.4 Å². The number of anilines is 2. The molecule has 148 valence electrons. The molecule has 1 atom stereocenters. The molecule has 0 aliphatic carbocycles. The Bertz CT molecular complexity index is 1210. The predicted octanol–water partition coefficient (Wildman–Crippen LogP) is 4.96. The highest BCUT2D eigenvalue weighted by Gasteiger charge is 2.16. The molecule has 0 spiro atoms. The van der Waals surface area contributed by atoms with Crippen molar-refractivity contribution in [2.45, 2.75) is 12.5 Å². The zero-order valence-electron chi connectivity index (χ0n) is 16.1. The van der Waals surface area contributed by atoms with E-state index in [9.17, 15) is 9.59 Å².